The van der Waals surface area contributed by atoms with Crippen molar-refractivity contribution in [1.29, 1.82) is 0 Å². The third kappa shape index (κ3) is 5.84. The molecule has 2 rings (SSSR count). The van der Waals surface area contributed by atoms with Gasteiger partial charge in [-0.2, -0.15) is 0 Å². The monoisotopic (exact) mass is 324 g/mol. The Morgan fingerprint density at radius 3 is 2.67 bits per heavy atom. The van der Waals surface area contributed by atoms with E-state index in [9.17, 15) is 4.79 Å². The summed E-state index contributed by atoms with van der Waals surface area (Å²) in [5, 5.41) is 5.55. The van der Waals surface area contributed by atoms with Crippen molar-refractivity contribution in [2.75, 3.05) is 18.4 Å². The molecule has 0 radical (unpaired) electrons. The van der Waals surface area contributed by atoms with Crippen molar-refractivity contribution >= 4 is 17.6 Å². The number of ether oxygens (including phenoxy) is 1. The molecule has 4 N–H and O–H groups in total. The normalized spacial score (nSPS) is 10.8. The van der Waals surface area contributed by atoms with Crippen LogP contribution in [0.5, 0.6) is 11.5 Å². The van der Waals surface area contributed by atoms with Crippen LogP contribution in [0.3, 0.4) is 0 Å². The second-order valence-electron chi connectivity index (χ2n) is 4.86. The lowest BCUT2D eigenvalue weighted by molar-refractivity contribution is -0.119. The number of hydrogen-bond acceptors (Lipinski definition) is 3. The summed E-state index contributed by atoms with van der Waals surface area (Å²) in [6.07, 6.45) is 1.60. The van der Waals surface area contributed by atoms with Crippen LogP contribution >= 0.6 is 0 Å². The van der Waals surface area contributed by atoms with Gasteiger partial charge in [-0.05, 0) is 24.3 Å². The smallest absolute Gasteiger partial charge is 0.242 e. The summed E-state index contributed by atoms with van der Waals surface area (Å²) in [6, 6.07) is 16.8. The summed E-state index contributed by atoms with van der Waals surface area (Å²) in [6.45, 7) is 3.88. The second kappa shape index (κ2) is 8.99. The topological polar surface area (TPSA) is 88.7 Å². The molecule has 6 heteroatoms. The molecule has 6 nitrogen and oxygen atoms in total. The summed E-state index contributed by atoms with van der Waals surface area (Å²) in [5.41, 5.74) is 6.50. The molecule has 0 heterocycles. The van der Waals surface area contributed by atoms with Crippen molar-refractivity contribution in [3.63, 3.8) is 0 Å². The van der Waals surface area contributed by atoms with Gasteiger partial charge in [0.2, 0.25) is 5.91 Å². The zero-order valence-electron chi connectivity index (χ0n) is 13.2. The first-order valence-electron chi connectivity index (χ1n) is 7.45. The van der Waals surface area contributed by atoms with Gasteiger partial charge in [0.15, 0.2) is 5.96 Å². The zero-order chi connectivity index (χ0) is 17.2. The first-order valence-corrected chi connectivity index (χ1v) is 7.45. The first-order chi connectivity index (χ1) is 11.7. The number of rotatable bonds is 7. The Morgan fingerprint density at radius 2 is 1.92 bits per heavy atom. The highest BCUT2D eigenvalue weighted by molar-refractivity contribution is 5.94. The minimum atomic E-state index is -0.221. The van der Waals surface area contributed by atoms with Crippen molar-refractivity contribution in [1.82, 2.24) is 5.32 Å². The Balaban J connectivity index is 1.93. The number of nitrogens with one attached hydrogen (secondary N) is 2. The Kier molecular flexibility index (Phi) is 6.40. The van der Waals surface area contributed by atoms with E-state index in [1.807, 2.05) is 48.5 Å². The van der Waals surface area contributed by atoms with Gasteiger partial charge in [-0.1, -0.05) is 30.3 Å². The van der Waals surface area contributed by atoms with Crippen molar-refractivity contribution in [3.8, 4) is 11.5 Å². The summed E-state index contributed by atoms with van der Waals surface area (Å²) in [5.74, 6) is 1.35. The fraction of sp³-hybridized carbons (Fsp3) is 0.111. The molecule has 0 atom stereocenters. The van der Waals surface area contributed by atoms with Crippen LogP contribution in [0.1, 0.15) is 0 Å². The van der Waals surface area contributed by atoms with E-state index < -0.39 is 0 Å². The third-order valence-corrected chi connectivity index (χ3v) is 2.92. The molecule has 2 aromatic carbocycles. The quantitative estimate of drug-likeness (QED) is 0.415. The number of carbonyl (C=O) groups excluding carboxylic acids is 1. The highest BCUT2D eigenvalue weighted by atomic mass is 16.5. The number of anilines is 1. The molecule has 124 valence electrons. The van der Waals surface area contributed by atoms with Crippen molar-refractivity contribution in [2.24, 2.45) is 10.7 Å². The lowest BCUT2D eigenvalue weighted by atomic mass is 10.3. The van der Waals surface area contributed by atoms with Gasteiger partial charge >= 0.3 is 0 Å². The average molecular weight is 324 g/mol. The SMILES string of the molecule is C=CCNC(=O)CN=C(N)Nc1cccc(Oc2ccccc2)c1. The number of carbonyl (C=O) groups is 1. The van der Waals surface area contributed by atoms with Crippen LogP contribution in [-0.4, -0.2) is 25.0 Å². The van der Waals surface area contributed by atoms with Crippen molar-refractivity contribution in [3.05, 3.63) is 67.3 Å². The number of nitrogens with zero attached hydrogens (tertiary/aromatic N) is 1. The summed E-state index contributed by atoms with van der Waals surface area (Å²) >= 11 is 0. The first kappa shape index (κ1) is 17.1. The molecule has 0 aliphatic carbocycles. The molecule has 0 unspecified atom stereocenters. The van der Waals surface area contributed by atoms with E-state index in [2.05, 4.69) is 22.2 Å². The molecular weight excluding hydrogens is 304 g/mol. The maximum Gasteiger partial charge on any atom is 0.242 e. The number of para-hydroxylation sites is 1. The number of benzene rings is 2. The molecule has 0 fully saturated rings. The Bertz CT molecular complexity index is 714. The number of aliphatic imine (C=N–C) groups is 1. The Morgan fingerprint density at radius 1 is 1.17 bits per heavy atom. The van der Waals surface area contributed by atoms with Gasteiger partial charge in [-0.25, -0.2) is 4.99 Å². The molecule has 0 saturated heterocycles. The molecule has 2 aromatic rings. The predicted molar refractivity (Wildman–Crippen MR) is 96.3 cm³/mol. The second-order valence-corrected chi connectivity index (χ2v) is 4.86. The Hall–Kier alpha value is -3.28. The van der Waals surface area contributed by atoms with E-state index in [1.54, 1.807) is 12.1 Å². The summed E-state index contributed by atoms with van der Waals surface area (Å²) in [7, 11) is 0. The van der Waals surface area contributed by atoms with E-state index in [4.69, 9.17) is 10.5 Å². The summed E-state index contributed by atoms with van der Waals surface area (Å²) in [4.78, 5) is 15.4. The lowest BCUT2D eigenvalue weighted by Gasteiger charge is -2.09. The lowest BCUT2D eigenvalue weighted by Crippen LogP contribution is -2.29. The van der Waals surface area contributed by atoms with Gasteiger partial charge in [0, 0.05) is 18.3 Å². The van der Waals surface area contributed by atoms with Crippen LogP contribution in [0.15, 0.2) is 72.2 Å². The van der Waals surface area contributed by atoms with Crippen LogP contribution < -0.4 is 21.1 Å². The van der Waals surface area contributed by atoms with E-state index >= 15 is 0 Å². The van der Waals surface area contributed by atoms with Crippen LogP contribution in [0.4, 0.5) is 5.69 Å². The van der Waals surface area contributed by atoms with E-state index in [0.29, 0.717) is 12.3 Å². The minimum absolute atomic E-state index is 0.0487. The molecule has 24 heavy (non-hydrogen) atoms. The number of amides is 1. The van der Waals surface area contributed by atoms with Crippen LogP contribution in [-0.2, 0) is 4.79 Å². The highest BCUT2D eigenvalue weighted by Gasteiger charge is 2.02. The molecule has 0 aliphatic heterocycles. The predicted octanol–water partition coefficient (Wildman–Crippen LogP) is 2.51. The largest absolute Gasteiger partial charge is 0.457 e. The van der Waals surface area contributed by atoms with Gasteiger partial charge in [-0.15, -0.1) is 6.58 Å². The van der Waals surface area contributed by atoms with Gasteiger partial charge in [0.1, 0.15) is 18.0 Å². The molecular formula is C18H20N4O2. The Labute approximate surface area is 141 Å². The van der Waals surface area contributed by atoms with Crippen LogP contribution in [0.2, 0.25) is 0 Å². The minimum Gasteiger partial charge on any atom is -0.457 e. The maximum absolute atomic E-state index is 11.4. The van der Waals surface area contributed by atoms with E-state index in [1.165, 1.54) is 0 Å². The standard InChI is InChI=1S/C18H20N4O2/c1-2-11-20-17(23)13-21-18(19)22-14-7-6-10-16(12-14)24-15-8-4-3-5-9-15/h2-10,12H,1,11,13H2,(H,20,23)(H3,19,21,22). The third-order valence-electron chi connectivity index (χ3n) is 2.92. The molecule has 0 saturated carbocycles. The highest BCUT2D eigenvalue weighted by Crippen LogP contribution is 2.23. The van der Waals surface area contributed by atoms with E-state index in [0.717, 1.165) is 11.4 Å². The van der Waals surface area contributed by atoms with Gasteiger partial charge in [-0.3, -0.25) is 4.79 Å². The summed E-state index contributed by atoms with van der Waals surface area (Å²) < 4.78 is 5.75. The molecule has 0 aromatic heterocycles. The fourth-order valence-electron chi connectivity index (χ4n) is 1.85. The zero-order valence-corrected chi connectivity index (χ0v) is 13.2. The van der Waals surface area contributed by atoms with Crippen molar-refractivity contribution < 1.29 is 9.53 Å². The fourth-order valence-corrected chi connectivity index (χ4v) is 1.85. The average Bonchev–Trinajstić information content (AvgIpc) is 2.59. The maximum atomic E-state index is 11.4. The number of nitrogens with two attached hydrogens (primary N) is 1. The molecule has 0 bridgehead atoms. The number of hydrogen-bond donors (Lipinski definition) is 3. The van der Waals surface area contributed by atoms with Crippen LogP contribution in [0.25, 0.3) is 0 Å². The van der Waals surface area contributed by atoms with E-state index in [-0.39, 0.29) is 18.4 Å². The number of guanidine groups is 1. The van der Waals surface area contributed by atoms with Crippen molar-refractivity contribution in [2.45, 2.75) is 0 Å². The van der Waals surface area contributed by atoms with Gasteiger partial charge in [0.25, 0.3) is 0 Å². The molecule has 1 amide bonds. The van der Waals surface area contributed by atoms with Crippen LogP contribution in [0, 0.1) is 0 Å². The van der Waals surface area contributed by atoms with Gasteiger partial charge < -0.3 is 21.1 Å². The molecule has 0 spiro atoms. The molecule has 0 aliphatic rings. The van der Waals surface area contributed by atoms with Gasteiger partial charge in [0.05, 0.1) is 0 Å².